The Bertz CT molecular complexity index is 3780. The second-order valence-electron chi connectivity index (χ2n) is 33.1. The molecule has 12 N–H and O–H groups in total. The summed E-state index contributed by atoms with van der Waals surface area (Å²) in [4.78, 5) is 36.8. The van der Waals surface area contributed by atoms with Crippen LogP contribution in [0.2, 0.25) is 30.1 Å². The lowest BCUT2D eigenvalue weighted by Gasteiger charge is -2.54. The standard InChI is InChI=1S/C29H31Cl3N4O.C18H13Cl3N2O.2C12H22N2.C10H14O.C2H8N2.ClH/c1-16-26(29(37)34-9-8-33-27-20-11-17-10-18(13-20)14-21(27)12-17)35-36(25-7-6-23(31)15-24(25)32)28(16)19-2-4-22(30)5-3-19;1-10-17(11(2)24)22-23(16-8-7-14(20)9-15(16)21)18(10)12-3-5-13(19)6-4-12;2*13-1-2-14-12-10-4-8-3-9(6-10)7-11(12)5-8;11-10-8-2-6-1-7(4-8)5-9(10)3-6;3-1-2-4;/h2-7,15,17-18,20-21,27,33H,8-14H2,1H3,(H,34,37);3-9H,1-2H3;2*8-12,14H,1-7,13H2;6-9H,1-5H2;1-4H2;1H. The molecule has 0 spiro atoms. The molecule has 0 unspecified atom stereocenters. The molecule has 22 rings (SSSR count). The number of Topliss-reactive ketones (excluding diaryl/α,β-unsaturated/α-hetero) is 2. The molecule has 22 heteroatoms. The zero-order chi connectivity index (χ0) is 73.0. The number of hydrogen-bond donors (Lipinski definition) is 8. The molecule has 2 aromatic heterocycles. The van der Waals surface area contributed by atoms with Crippen LogP contribution in [0.15, 0.2) is 84.9 Å². The van der Waals surface area contributed by atoms with Crippen LogP contribution < -0.4 is 44.2 Å². The van der Waals surface area contributed by atoms with Crippen LogP contribution in [-0.4, -0.2) is 108 Å². The van der Waals surface area contributed by atoms with Gasteiger partial charge in [0.15, 0.2) is 11.5 Å². The van der Waals surface area contributed by atoms with E-state index in [-0.39, 0.29) is 24.1 Å². The topological polar surface area (TPSA) is 239 Å². The van der Waals surface area contributed by atoms with Crippen LogP contribution in [0.3, 0.4) is 0 Å². The largest absolute Gasteiger partial charge is 0.349 e. The van der Waals surface area contributed by atoms with Crippen LogP contribution in [0.5, 0.6) is 0 Å². The Kier molecular flexibility index (Phi) is 27.8. The van der Waals surface area contributed by atoms with E-state index < -0.39 is 0 Å². The fourth-order valence-electron chi connectivity index (χ4n) is 22.5. The third-order valence-corrected chi connectivity index (χ3v) is 27.5. The van der Waals surface area contributed by atoms with Crippen LogP contribution in [-0.2, 0) is 4.79 Å². The number of carbonyl (C=O) groups excluding carboxylic acids is 3. The average molecular weight is 1570 g/mol. The van der Waals surface area contributed by atoms with Crippen molar-refractivity contribution in [3.05, 3.63) is 138 Å². The van der Waals surface area contributed by atoms with Crippen LogP contribution in [0.25, 0.3) is 33.9 Å². The highest BCUT2D eigenvalue weighted by atomic mass is 35.5. The summed E-state index contributed by atoms with van der Waals surface area (Å²) in [7, 11) is 0. The lowest BCUT2D eigenvalue weighted by Crippen LogP contribution is -2.55. The van der Waals surface area contributed by atoms with Gasteiger partial charge in [-0.15, -0.1) is 12.4 Å². The van der Waals surface area contributed by atoms with E-state index in [2.05, 4.69) is 26.4 Å². The molecule has 6 aromatic rings. The van der Waals surface area contributed by atoms with E-state index in [0.717, 1.165) is 161 Å². The molecule has 0 radical (unpaired) electrons. The van der Waals surface area contributed by atoms with Crippen LogP contribution in [0.1, 0.15) is 167 Å². The molecule has 0 aliphatic heterocycles. The van der Waals surface area contributed by atoms with Crippen LogP contribution in [0, 0.1) is 109 Å². The predicted molar refractivity (Wildman–Crippen MR) is 432 cm³/mol. The second kappa shape index (κ2) is 36.3. The highest BCUT2D eigenvalue weighted by Crippen LogP contribution is 2.57. The third kappa shape index (κ3) is 18.7. The Hall–Kier alpha value is -4.14. The van der Waals surface area contributed by atoms with E-state index in [1.165, 1.54) is 122 Å². The van der Waals surface area contributed by atoms with Crippen molar-refractivity contribution in [2.75, 3.05) is 52.4 Å². The third-order valence-electron chi connectivity index (χ3n) is 25.9. The fourth-order valence-corrected chi connectivity index (χ4v) is 23.7. The van der Waals surface area contributed by atoms with E-state index in [0.29, 0.717) is 96.2 Å². The average Bonchev–Trinajstić information content (AvgIpc) is 1.72. The summed E-state index contributed by atoms with van der Waals surface area (Å²) in [6.45, 7) is 11.4. The molecule has 16 saturated carbocycles. The van der Waals surface area contributed by atoms with E-state index in [1.807, 2.05) is 56.3 Å². The van der Waals surface area contributed by atoms with E-state index >= 15 is 0 Å². The summed E-state index contributed by atoms with van der Waals surface area (Å²) in [5.74, 6) is 15.1. The number of carbonyl (C=O) groups is 3. The number of nitrogens with zero attached hydrogens (tertiary/aromatic N) is 4. The Morgan fingerprint density at radius 1 is 0.410 bits per heavy atom. The first-order valence-corrected chi connectivity index (χ1v) is 41.4. The lowest BCUT2D eigenvalue weighted by atomic mass is 9.54. The molecule has 16 aliphatic carbocycles. The predicted octanol–water partition coefficient (Wildman–Crippen LogP) is 17.0. The zero-order valence-electron chi connectivity index (χ0n) is 61.4. The SMILES string of the molecule is CC(=O)c1nn(-c2ccc(Cl)cc2Cl)c(-c2ccc(Cl)cc2)c1C.Cc1c(C(=O)NCCNC2C3CC4CC(C3)CC2C4)nn(-c2ccc(Cl)cc2Cl)c1-c1ccc(Cl)cc1.Cl.NCCN.NCCNC1C2CC3CC(C2)CC1C3.NCCNC1C2CC3CC(C2)CC1C3.O=C1C2CC3CC(C2)CC1C3. The normalized spacial score (nSPS) is 30.9. The monoisotopic (exact) mass is 1570 g/mol. The first-order chi connectivity index (χ1) is 50.2. The molecule has 0 saturated heterocycles. The van der Waals surface area contributed by atoms with Crippen molar-refractivity contribution >= 4 is 99.5 Å². The molecule has 15 nitrogen and oxygen atoms in total. The number of halogens is 7. The second-order valence-corrected chi connectivity index (χ2v) is 35.6. The van der Waals surface area contributed by atoms with Crippen LogP contribution in [0.4, 0.5) is 0 Å². The molecular weight excluding hydrogens is 1460 g/mol. The fraction of sp³-hybridized carbons (Fsp3) is 0.602. The summed E-state index contributed by atoms with van der Waals surface area (Å²) in [5.41, 5.74) is 28.0. The van der Waals surface area contributed by atoms with E-state index in [1.54, 1.807) is 64.7 Å². The minimum atomic E-state index is -0.191. The number of rotatable bonds is 17. The number of hydrogen-bond acceptors (Lipinski definition) is 12. The minimum absolute atomic E-state index is 0. The number of nitrogens with one attached hydrogen (secondary N) is 4. The Balaban J connectivity index is 0.000000130. The summed E-state index contributed by atoms with van der Waals surface area (Å²) in [6.07, 6.45) is 28.6. The summed E-state index contributed by atoms with van der Waals surface area (Å²) in [6, 6.07) is 27.5. The number of nitrogens with two attached hydrogens (primary N) is 4. The van der Waals surface area contributed by atoms with Crippen molar-refractivity contribution in [2.45, 2.75) is 167 Å². The molecule has 2 heterocycles. The van der Waals surface area contributed by atoms with Gasteiger partial charge in [0.25, 0.3) is 5.91 Å². The molecule has 4 aromatic carbocycles. The highest BCUT2D eigenvalue weighted by molar-refractivity contribution is 6.36. The van der Waals surface area contributed by atoms with Gasteiger partial charge in [0, 0.05) is 132 Å². The van der Waals surface area contributed by atoms with Gasteiger partial charge in [-0.05, 0) is 286 Å². The van der Waals surface area contributed by atoms with Gasteiger partial charge in [-0.25, -0.2) is 9.36 Å². The van der Waals surface area contributed by atoms with Crippen LogP contribution >= 0.6 is 82.0 Å². The maximum absolute atomic E-state index is 13.3. The Morgan fingerprint density at radius 3 is 1.03 bits per heavy atom. The highest BCUT2D eigenvalue weighted by Gasteiger charge is 2.51. The first-order valence-electron chi connectivity index (χ1n) is 39.2. The zero-order valence-corrected chi connectivity index (χ0v) is 66.7. The quantitative estimate of drug-likeness (QED) is 0.0314. The Labute approximate surface area is 658 Å². The van der Waals surface area contributed by atoms with Crippen molar-refractivity contribution in [2.24, 2.45) is 118 Å². The summed E-state index contributed by atoms with van der Waals surface area (Å²) >= 11 is 37.1. The molecule has 16 fully saturated rings. The maximum Gasteiger partial charge on any atom is 0.272 e. The van der Waals surface area contributed by atoms with Gasteiger partial charge < -0.3 is 44.2 Å². The summed E-state index contributed by atoms with van der Waals surface area (Å²) < 4.78 is 3.40. The number of ketones is 2. The van der Waals surface area contributed by atoms with Gasteiger partial charge in [-0.2, -0.15) is 10.2 Å². The van der Waals surface area contributed by atoms with Crippen molar-refractivity contribution in [1.82, 2.24) is 40.8 Å². The van der Waals surface area contributed by atoms with Gasteiger partial charge in [-0.3, -0.25) is 14.4 Å². The van der Waals surface area contributed by atoms with E-state index in [9.17, 15) is 14.4 Å². The maximum atomic E-state index is 13.3. The van der Waals surface area contributed by atoms with Crippen molar-refractivity contribution < 1.29 is 14.4 Å². The number of benzene rings is 4. The smallest absolute Gasteiger partial charge is 0.272 e. The number of aromatic nitrogens is 4. The Morgan fingerprint density at radius 2 is 0.714 bits per heavy atom. The molecule has 16 bridgehead atoms. The molecule has 16 aliphatic rings. The summed E-state index contributed by atoms with van der Waals surface area (Å²) in [5, 5.41) is 26.7. The van der Waals surface area contributed by atoms with Crippen molar-refractivity contribution in [3.63, 3.8) is 0 Å². The van der Waals surface area contributed by atoms with Crippen molar-refractivity contribution in [3.8, 4) is 33.9 Å². The molecular formula is C83H111Cl7N12O3. The van der Waals surface area contributed by atoms with Crippen molar-refractivity contribution in [1.29, 1.82) is 0 Å². The van der Waals surface area contributed by atoms with Gasteiger partial charge in [0.1, 0.15) is 11.5 Å². The van der Waals surface area contributed by atoms with Gasteiger partial charge >= 0.3 is 0 Å². The molecule has 0 atom stereocenters. The van der Waals surface area contributed by atoms with E-state index in [4.69, 9.17) is 97.6 Å². The van der Waals surface area contributed by atoms with Gasteiger partial charge in [-0.1, -0.05) is 93.9 Å². The number of amides is 1. The van der Waals surface area contributed by atoms with Gasteiger partial charge in [0.2, 0.25) is 0 Å². The molecule has 570 valence electrons. The molecule has 1 amide bonds. The minimum Gasteiger partial charge on any atom is -0.349 e. The first kappa shape index (κ1) is 80.4. The molecule has 105 heavy (non-hydrogen) atoms. The lowest BCUT2D eigenvalue weighted by molar-refractivity contribution is -0.139. The van der Waals surface area contributed by atoms with Gasteiger partial charge in [0.05, 0.1) is 32.8 Å².